The van der Waals surface area contributed by atoms with E-state index >= 15 is 4.39 Å². The first-order chi connectivity index (χ1) is 17.2. The number of pyridine rings is 1. The molecular weight excluding hydrogens is 535 g/mol. The van der Waals surface area contributed by atoms with E-state index in [2.05, 4.69) is 0 Å². The monoisotopic (exact) mass is 563 g/mol. The summed E-state index contributed by atoms with van der Waals surface area (Å²) in [5, 5.41) is 7.29. The molecule has 5 N–H and O–H groups in total. The Morgan fingerprint density at radius 2 is 1.78 bits per heavy atom. The molecule has 0 spiro atoms. The summed E-state index contributed by atoms with van der Waals surface area (Å²) in [6.07, 6.45) is 1.06. The van der Waals surface area contributed by atoms with Gasteiger partial charge in [-0.25, -0.2) is 9.18 Å². The number of anilines is 1. The largest absolute Gasteiger partial charge is 0.487 e. The zero-order valence-corrected chi connectivity index (χ0v) is 21.6. The van der Waals surface area contributed by atoms with E-state index < -0.39 is 43.4 Å². The molecule has 1 fully saturated rings. The fraction of sp³-hybridized carbons (Fsp3) is 0.524. The van der Waals surface area contributed by atoms with Crippen LogP contribution in [0.25, 0.3) is 10.9 Å². The van der Waals surface area contributed by atoms with Crippen LogP contribution in [0, 0.1) is 5.82 Å². The van der Waals surface area contributed by atoms with Crippen LogP contribution in [0.2, 0.25) is 0 Å². The Hall–Kier alpha value is -2.31. The second-order valence-electron chi connectivity index (χ2n) is 9.31. The number of carbonyl (C=O) groups is 1. The molecule has 0 amide bonds. The summed E-state index contributed by atoms with van der Waals surface area (Å²) < 4.78 is 45.7. The van der Waals surface area contributed by atoms with Gasteiger partial charge in [0.25, 0.3) is 0 Å². The van der Waals surface area contributed by atoms with Gasteiger partial charge in [-0.15, -0.1) is 0 Å². The van der Waals surface area contributed by atoms with Crippen molar-refractivity contribution in [3.63, 3.8) is 0 Å². The molecule has 1 atom stereocenters. The van der Waals surface area contributed by atoms with E-state index in [0.29, 0.717) is 38.2 Å². The van der Waals surface area contributed by atoms with Crippen molar-refractivity contribution < 1.29 is 47.7 Å². The summed E-state index contributed by atoms with van der Waals surface area (Å²) in [5.41, 5.74) is -0.753. The van der Waals surface area contributed by atoms with E-state index in [0.717, 1.165) is 6.07 Å². The van der Waals surface area contributed by atoms with E-state index in [1.54, 1.807) is 16.4 Å². The first-order valence-electron chi connectivity index (χ1n) is 11.5. The highest BCUT2D eigenvalue weighted by Gasteiger charge is 2.42. The minimum absolute atomic E-state index is 0.0778. The van der Waals surface area contributed by atoms with Crippen molar-refractivity contribution in [2.75, 3.05) is 44.2 Å². The molecule has 0 saturated carbocycles. The van der Waals surface area contributed by atoms with Crippen LogP contribution < -0.4 is 15.1 Å². The fourth-order valence-corrected chi connectivity index (χ4v) is 7.49. The smallest absolute Gasteiger partial charge is 0.341 e. The van der Waals surface area contributed by atoms with Crippen LogP contribution in [-0.4, -0.2) is 84.8 Å². The highest BCUT2D eigenvalue weighted by molar-refractivity contribution is 7.70. The number of aromatic nitrogens is 1. The molecule has 0 aliphatic carbocycles. The molecule has 37 heavy (non-hydrogen) atoms. The lowest BCUT2D eigenvalue weighted by molar-refractivity contribution is 0.0694. The maximum absolute atomic E-state index is 15.4. The number of halogens is 1. The van der Waals surface area contributed by atoms with Crippen LogP contribution in [0.4, 0.5) is 10.1 Å². The maximum Gasteiger partial charge on any atom is 0.341 e. The molecule has 2 aliphatic heterocycles. The first kappa shape index (κ1) is 27.7. The molecule has 1 saturated heterocycles. The van der Waals surface area contributed by atoms with Gasteiger partial charge in [0, 0.05) is 32.4 Å². The summed E-state index contributed by atoms with van der Waals surface area (Å²) >= 11 is 0. The second-order valence-corrected chi connectivity index (χ2v) is 13.3. The normalized spacial score (nSPS) is 18.9. The average Bonchev–Trinajstić information content (AvgIpc) is 2.79. The summed E-state index contributed by atoms with van der Waals surface area (Å²) in [6.45, 7) is 3.87. The Bertz CT molecular complexity index is 1360. The highest BCUT2D eigenvalue weighted by atomic mass is 31.2. The van der Waals surface area contributed by atoms with Crippen molar-refractivity contribution in [1.82, 2.24) is 9.47 Å². The number of carboxylic acids is 1. The Kier molecular flexibility index (Phi) is 7.57. The number of nitrogens with zero attached hydrogens (tertiary/aromatic N) is 3. The van der Waals surface area contributed by atoms with Gasteiger partial charge in [-0.1, -0.05) is 0 Å². The number of aromatic carboxylic acids is 1. The third-order valence-electron chi connectivity index (χ3n) is 6.77. The predicted octanol–water partition coefficient (Wildman–Crippen LogP) is 1.38. The lowest BCUT2D eigenvalue weighted by atomic mass is 10.1. The zero-order chi connectivity index (χ0) is 27.3. The summed E-state index contributed by atoms with van der Waals surface area (Å²) in [7, 11) is -9.94. The van der Waals surface area contributed by atoms with Crippen LogP contribution in [0.15, 0.2) is 17.1 Å². The Morgan fingerprint density at radius 1 is 1.16 bits per heavy atom. The molecule has 4 rings (SSSR count). The topological polar surface area (TPSA) is 190 Å². The van der Waals surface area contributed by atoms with Crippen LogP contribution >= 0.6 is 15.2 Å². The van der Waals surface area contributed by atoms with Gasteiger partial charge in [0.2, 0.25) is 5.43 Å². The van der Waals surface area contributed by atoms with E-state index in [9.17, 15) is 43.4 Å². The van der Waals surface area contributed by atoms with Crippen LogP contribution in [-0.2, 0) is 9.13 Å². The third-order valence-corrected chi connectivity index (χ3v) is 10.6. The fourth-order valence-electron chi connectivity index (χ4n) is 4.88. The number of hydrogen-bond acceptors (Lipinski definition) is 7. The van der Waals surface area contributed by atoms with Crippen molar-refractivity contribution >= 4 is 37.8 Å². The van der Waals surface area contributed by atoms with Gasteiger partial charge in [-0.05, 0) is 32.4 Å². The number of piperazine rings is 1. The van der Waals surface area contributed by atoms with Crippen molar-refractivity contribution in [2.45, 2.75) is 31.2 Å². The number of ether oxygens (including phenoxy) is 1. The molecule has 1 aromatic heterocycles. The molecule has 1 aromatic carbocycles. The molecule has 13 nitrogen and oxygen atoms in total. The van der Waals surface area contributed by atoms with Gasteiger partial charge in [0.05, 0.1) is 16.9 Å². The average molecular weight is 563 g/mol. The molecule has 1 unspecified atom stereocenters. The first-order valence-corrected chi connectivity index (χ1v) is 14.9. The molecule has 204 valence electrons. The van der Waals surface area contributed by atoms with Gasteiger partial charge in [-0.3, -0.25) is 18.8 Å². The minimum Gasteiger partial charge on any atom is -0.487 e. The van der Waals surface area contributed by atoms with Gasteiger partial charge in [-0.2, -0.15) is 0 Å². The standard InChI is InChI=1S/C21H28FN3O10P2/c1-12-11-35-20-17-13(19(26)14(21(27)28)10-25(12)17)9-15(22)18(20)24-7-5-23(6-8-24)4-2-3-16(36(29,30)31)37(32,33)34/h9-10,12,16H,2-8,11H2,1H3,(H,27,28)(H2,29,30,31)(H2,32,33,34). The zero-order valence-electron chi connectivity index (χ0n) is 19.9. The van der Waals surface area contributed by atoms with E-state index in [1.165, 1.54) is 6.20 Å². The third kappa shape index (κ3) is 5.46. The number of rotatable bonds is 8. The van der Waals surface area contributed by atoms with E-state index in [4.69, 9.17) is 4.74 Å². The van der Waals surface area contributed by atoms with Gasteiger partial charge in [0.15, 0.2) is 17.0 Å². The second kappa shape index (κ2) is 10.1. The quantitative estimate of drug-likeness (QED) is 0.291. The SMILES string of the molecule is CC1COc2c(N3CCN(CCCC(P(=O)(O)O)P(=O)(O)O)CC3)c(F)cc3c(=O)c(C(=O)O)cn1c23. The van der Waals surface area contributed by atoms with Gasteiger partial charge < -0.3 is 38.9 Å². The van der Waals surface area contributed by atoms with Crippen molar-refractivity contribution in [2.24, 2.45) is 0 Å². The Labute approximate surface area is 210 Å². The predicted molar refractivity (Wildman–Crippen MR) is 131 cm³/mol. The number of hydrogen-bond donors (Lipinski definition) is 5. The van der Waals surface area contributed by atoms with Gasteiger partial charge >= 0.3 is 21.2 Å². The van der Waals surface area contributed by atoms with Gasteiger partial charge in [0.1, 0.15) is 17.9 Å². The Morgan fingerprint density at radius 3 is 2.35 bits per heavy atom. The van der Waals surface area contributed by atoms with Crippen molar-refractivity contribution in [3.8, 4) is 5.75 Å². The molecule has 2 aromatic rings. The van der Waals surface area contributed by atoms with Crippen LogP contribution in [0.3, 0.4) is 0 Å². The van der Waals surface area contributed by atoms with E-state index in [-0.39, 0.29) is 42.3 Å². The Balaban J connectivity index is 1.53. The molecule has 0 bridgehead atoms. The number of carboxylic acid groups (broad SMARTS) is 1. The van der Waals surface area contributed by atoms with Crippen molar-refractivity contribution in [1.29, 1.82) is 0 Å². The minimum atomic E-state index is -4.97. The maximum atomic E-state index is 15.4. The molecule has 3 heterocycles. The number of benzene rings is 1. The lowest BCUT2D eigenvalue weighted by Gasteiger charge is -2.38. The molecule has 16 heteroatoms. The highest BCUT2D eigenvalue weighted by Crippen LogP contribution is 2.61. The van der Waals surface area contributed by atoms with E-state index in [1.807, 2.05) is 4.90 Å². The molecule has 2 aliphatic rings. The van der Waals surface area contributed by atoms with Crippen LogP contribution in [0.1, 0.15) is 36.2 Å². The summed E-state index contributed by atoms with van der Waals surface area (Å²) in [5.74, 6) is -1.95. The lowest BCUT2D eigenvalue weighted by Crippen LogP contribution is -2.47. The summed E-state index contributed by atoms with van der Waals surface area (Å²) in [6, 6.07) is 0.756. The van der Waals surface area contributed by atoms with Crippen molar-refractivity contribution in [3.05, 3.63) is 33.9 Å². The van der Waals surface area contributed by atoms with Crippen LogP contribution in [0.5, 0.6) is 5.75 Å². The summed E-state index contributed by atoms with van der Waals surface area (Å²) in [4.78, 5) is 65.0. The molecule has 0 radical (unpaired) electrons. The molecular formula is C21H28FN3O10P2.